The number of benzene rings is 1. The normalized spacial score (nSPS) is 12.1. The largest absolute Gasteiger partial charge is 0.375 e. The van der Waals surface area contributed by atoms with Crippen molar-refractivity contribution in [1.29, 1.82) is 0 Å². The summed E-state index contributed by atoms with van der Waals surface area (Å²) in [5.74, 6) is -0.106. The number of hydrogen-bond acceptors (Lipinski definition) is 3. The highest BCUT2D eigenvalue weighted by atomic mass is 35.5. The number of anilines is 2. The number of amides is 1. The van der Waals surface area contributed by atoms with Crippen LogP contribution >= 0.6 is 11.6 Å². The minimum absolute atomic E-state index is 0.106. The molecule has 0 spiro atoms. The van der Waals surface area contributed by atoms with Crippen LogP contribution < -0.4 is 16.0 Å². The van der Waals surface area contributed by atoms with Crippen molar-refractivity contribution in [2.45, 2.75) is 19.4 Å². The molecular weight excluding hydrogens is 238 g/mol. The number of nitrogens with two attached hydrogens (primary N) is 1. The molecule has 1 unspecified atom stereocenters. The quantitative estimate of drug-likeness (QED) is 0.866. The highest BCUT2D eigenvalue weighted by Gasteiger charge is 2.12. The summed E-state index contributed by atoms with van der Waals surface area (Å²) < 4.78 is 0. The maximum atomic E-state index is 11.7. The predicted molar refractivity (Wildman–Crippen MR) is 72.7 cm³/mol. The number of carbonyl (C=O) groups is 1. The lowest BCUT2D eigenvalue weighted by Crippen LogP contribution is -2.24. The van der Waals surface area contributed by atoms with Gasteiger partial charge >= 0.3 is 0 Å². The molecular formula is C12H18ClN3O. The Morgan fingerprint density at radius 3 is 2.71 bits per heavy atom. The third-order valence-electron chi connectivity index (χ3n) is 2.22. The molecule has 1 rings (SSSR count). The van der Waals surface area contributed by atoms with Gasteiger partial charge in [-0.15, -0.1) is 0 Å². The third kappa shape index (κ3) is 3.91. The fourth-order valence-electron chi connectivity index (χ4n) is 1.56. The molecule has 0 fully saturated rings. The van der Waals surface area contributed by atoms with Crippen molar-refractivity contribution in [1.82, 2.24) is 0 Å². The Labute approximate surface area is 107 Å². The molecule has 1 aromatic rings. The van der Waals surface area contributed by atoms with Gasteiger partial charge in [0.2, 0.25) is 5.91 Å². The average molecular weight is 256 g/mol. The Hall–Kier alpha value is -1.26. The van der Waals surface area contributed by atoms with Crippen molar-refractivity contribution in [3.63, 3.8) is 0 Å². The lowest BCUT2D eigenvalue weighted by molar-refractivity contribution is -0.116. The van der Waals surface area contributed by atoms with E-state index in [-0.39, 0.29) is 11.9 Å². The number of nitrogens with zero attached hydrogens (tertiary/aromatic N) is 1. The van der Waals surface area contributed by atoms with E-state index in [0.717, 1.165) is 5.69 Å². The van der Waals surface area contributed by atoms with Crippen LogP contribution in [0.1, 0.15) is 13.3 Å². The van der Waals surface area contributed by atoms with Gasteiger partial charge in [-0.2, -0.15) is 0 Å². The second-order valence-electron chi connectivity index (χ2n) is 4.26. The second kappa shape index (κ2) is 5.89. The van der Waals surface area contributed by atoms with Gasteiger partial charge in [0.05, 0.1) is 16.4 Å². The Kier molecular flexibility index (Phi) is 4.78. The zero-order valence-corrected chi connectivity index (χ0v) is 11.1. The number of hydrogen-bond donors (Lipinski definition) is 2. The molecule has 0 heterocycles. The Balaban J connectivity index is 2.91. The average Bonchev–Trinajstić information content (AvgIpc) is 2.15. The first-order chi connectivity index (χ1) is 7.91. The van der Waals surface area contributed by atoms with Gasteiger partial charge in [-0.3, -0.25) is 4.79 Å². The van der Waals surface area contributed by atoms with E-state index in [9.17, 15) is 4.79 Å². The number of rotatable bonds is 4. The second-order valence-corrected chi connectivity index (χ2v) is 4.67. The molecule has 1 amide bonds. The minimum Gasteiger partial charge on any atom is -0.375 e. The number of halogens is 1. The number of para-hydroxylation sites is 1. The van der Waals surface area contributed by atoms with E-state index in [2.05, 4.69) is 5.32 Å². The molecule has 1 atom stereocenters. The molecule has 4 nitrogen and oxygen atoms in total. The molecule has 0 radical (unpaired) electrons. The van der Waals surface area contributed by atoms with Gasteiger partial charge in [-0.05, 0) is 19.1 Å². The third-order valence-corrected chi connectivity index (χ3v) is 2.52. The van der Waals surface area contributed by atoms with Crippen LogP contribution in [-0.4, -0.2) is 26.0 Å². The first-order valence-corrected chi connectivity index (χ1v) is 5.81. The molecule has 0 saturated heterocycles. The van der Waals surface area contributed by atoms with E-state index in [4.69, 9.17) is 17.3 Å². The molecule has 94 valence electrons. The summed E-state index contributed by atoms with van der Waals surface area (Å²) >= 11 is 6.10. The Bertz CT molecular complexity index is 405. The van der Waals surface area contributed by atoms with Gasteiger partial charge in [0, 0.05) is 26.6 Å². The molecule has 5 heteroatoms. The molecule has 0 aromatic heterocycles. The highest BCUT2D eigenvalue weighted by Crippen LogP contribution is 2.32. The molecule has 0 saturated carbocycles. The summed E-state index contributed by atoms with van der Waals surface area (Å²) in [5, 5.41) is 3.42. The maximum absolute atomic E-state index is 11.7. The Morgan fingerprint density at radius 2 is 2.18 bits per heavy atom. The standard InChI is InChI=1S/C12H18ClN3O/c1-8(14)7-11(17)15-10-6-4-5-9(13)12(10)16(2)3/h4-6,8H,7,14H2,1-3H3,(H,15,17). The molecule has 17 heavy (non-hydrogen) atoms. The summed E-state index contributed by atoms with van der Waals surface area (Å²) in [4.78, 5) is 13.5. The van der Waals surface area contributed by atoms with E-state index >= 15 is 0 Å². The Morgan fingerprint density at radius 1 is 1.53 bits per heavy atom. The molecule has 0 aliphatic heterocycles. The monoisotopic (exact) mass is 255 g/mol. The van der Waals surface area contributed by atoms with Crippen LogP contribution in [0, 0.1) is 0 Å². The van der Waals surface area contributed by atoms with Crippen molar-refractivity contribution in [3.05, 3.63) is 23.2 Å². The zero-order chi connectivity index (χ0) is 13.0. The summed E-state index contributed by atoms with van der Waals surface area (Å²) in [6, 6.07) is 5.26. The summed E-state index contributed by atoms with van der Waals surface area (Å²) in [6.07, 6.45) is 0.291. The molecule has 0 bridgehead atoms. The van der Waals surface area contributed by atoms with E-state index in [1.807, 2.05) is 25.1 Å². The van der Waals surface area contributed by atoms with Crippen LogP contribution in [-0.2, 0) is 4.79 Å². The molecule has 1 aromatic carbocycles. The van der Waals surface area contributed by atoms with Gasteiger partial charge in [0.25, 0.3) is 0 Å². The highest BCUT2D eigenvalue weighted by molar-refractivity contribution is 6.34. The molecule has 0 aliphatic rings. The molecule has 0 aliphatic carbocycles. The maximum Gasteiger partial charge on any atom is 0.225 e. The first-order valence-electron chi connectivity index (χ1n) is 5.43. The summed E-state index contributed by atoms with van der Waals surface area (Å²) in [6.45, 7) is 1.80. The van der Waals surface area contributed by atoms with Crippen LogP contribution in [0.3, 0.4) is 0 Å². The van der Waals surface area contributed by atoms with Crippen LogP contribution in [0.25, 0.3) is 0 Å². The van der Waals surface area contributed by atoms with Crippen molar-refractivity contribution < 1.29 is 4.79 Å². The van der Waals surface area contributed by atoms with Gasteiger partial charge in [0.15, 0.2) is 0 Å². The fraction of sp³-hybridized carbons (Fsp3) is 0.417. The lowest BCUT2D eigenvalue weighted by Gasteiger charge is -2.19. The zero-order valence-electron chi connectivity index (χ0n) is 10.3. The van der Waals surface area contributed by atoms with Gasteiger partial charge < -0.3 is 16.0 Å². The van der Waals surface area contributed by atoms with Crippen molar-refractivity contribution in [3.8, 4) is 0 Å². The van der Waals surface area contributed by atoms with Crippen LogP contribution in [0.15, 0.2) is 18.2 Å². The van der Waals surface area contributed by atoms with E-state index in [1.54, 1.807) is 19.1 Å². The topological polar surface area (TPSA) is 58.4 Å². The smallest absolute Gasteiger partial charge is 0.225 e. The van der Waals surface area contributed by atoms with Crippen molar-refractivity contribution in [2.75, 3.05) is 24.3 Å². The van der Waals surface area contributed by atoms with Gasteiger partial charge in [0.1, 0.15) is 0 Å². The summed E-state index contributed by atoms with van der Waals surface area (Å²) in [5.41, 5.74) is 7.08. The van der Waals surface area contributed by atoms with Crippen molar-refractivity contribution in [2.24, 2.45) is 5.73 Å². The van der Waals surface area contributed by atoms with Crippen molar-refractivity contribution >= 4 is 28.9 Å². The van der Waals surface area contributed by atoms with Crippen LogP contribution in [0.2, 0.25) is 5.02 Å². The van der Waals surface area contributed by atoms with E-state index in [1.165, 1.54) is 0 Å². The van der Waals surface area contributed by atoms with Crippen LogP contribution in [0.5, 0.6) is 0 Å². The fourth-order valence-corrected chi connectivity index (χ4v) is 1.91. The first kappa shape index (κ1) is 13.8. The van der Waals surface area contributed by atoms with Gasteiger partial charge in [-0.25, -0.2) is 0 Å². The van der Waals surface area contributed by atoms with Gasteiger partial charge in [-0.1, -0.05) is 17.7 Å². The minimum atomic E-state index is -0.156. The predicted octanol–water partition coefficient (Wildman–Crippen LogP) is 2.08. The van der Waals surface area contributed by atoms with Crippen LogP contribution in [0.4, 0.5) is 11.4 Å². The summed E-state index contributed by atoms with van der Waals surface area (Å²) in [7, 11) is 3.75. The van der Waals surface area contributed by atoms with E-state index in [0.29, 0.717) is 17.1 Å². The molecule has 3 N–H and O–H groups in total. The SMILES string of the molecule is CC(N)CC(=O)Nc1cccc(Cl)c1N(C)C. The number of carbonyl (C=O) groups excluding carboxylic acids is 1. The van der Waals surface area contributed by atoms with E-state index < -0.39 is 0 Å². The number of nitrogens with one attached hydrogen (secondary N) is 1. The lowest BCUT2D eigenvalue weighted by atomic mass is 10.2.